The van der Waals surface area contributed by atoms with Crippen LogP contribution >= 0.6 is 0 Å². The summed E-state index contributed by atoms with van der Waals surface area (Å²) in [6, 6.07) is 7.64. The predicted molar refractivity (Wildman–Crippen MR) is 52.3 cm³/mol. The molecule has 1 aromatic rings. The zero-order valence-electron chi connectivity index (χ0n) is 7.49. The summed E-state index contributed by atoms with van der Waals surface area (Å²) in [7, 11) is 1.62. The average molecular weight is 175 g/mol. The fourth-order valence-corrected chi connectivity index (χ4v) is 1.04. The van der Waals surface area contributed by atoms with Gasteiger partial charge < -0.3 is 4.74 Å². The quantitative estimate of drug-likeness (QED) is 0.701. The summed E-state index contributed by atoms with van der Waals surface area (Å²) < 4.78 is 5.13. The highest BCUT2D eigenvalue weighted by atomic mass is 16.5. The van der Waals surface area contributed by atoms with Crippen molar-refractivity contribution in [2.24, 2.45) is 0 Å². The van der Waals surface area contributed by atoms with E-state index in [-0.39, 0.29) is 0 Å². The van der Waals surface area contributed by atoms with Crippen molar-refractivity contribution in [3.63, 3.8) is 0 Å². The summed E-state index contributed by atoms with van der Waals surface area (Å²) in [5.74, 6) is 0.810. The van der Waals surface area contributed by atoms with E-state index in [1.807, 2.05) is 30.3 Å². The van der Waals surface area contributed by atoms with Gasteiger partial charge in [0.2, 0.25) is 6.29 Å². The van der Waals surface area contributed by atoms with Crippen molar-refractivity contribution in [1.82, 2.24) is 0 Å². The van der Waals surface area contributed by atoms with Gasteiger partial charge in [-0.2, -0.15) is 0 Å². The maximum absolute atomic E-state index is 9.94. The minimum atomic E-state index is 0.318. The SMILES string of the molecule is COc1ccccc1/C=C/C[C]=O. The molecule has 67 valence electrons. The normalized spacial score (nSPS) is 10.2. The highest BCUT2D eigenvalue weighted by molar-refractivity contribution is 5.61. The monoisotopic (exact) mass is 175 g/mol. The Hall–Kier alpha value is -1.57. The smallest absolute Gasteiger partial charge is 0.202 e. The summed E-state index contributed by atoms with van der Waals surface area (Å²) in [6.07, 6.45) is 5.72. The molecule has 0 amide bonds. The lowest BCUT2D eigenvalue weighted by Gasteiger charge is -2.02. The second-order valence-electron chi connectivity index (χ2n) is 2.49. The second kappa shape index (κ2) is 5.14. The fraction of sp³-hybridized carbons (Fsp3) is 0.182. The maximum Gasteiger partial charge on any atom is 0.202 e. The molecule has 0 aliphatic heterocycles. The molecule has 0 fully saturated rings. The Balaban J connectivity index is 2.80. The Morgan fingerprint density at radius 2 is 2.23 bits per heavy atom. The van der Waals surface area contributed by atoms with E-state index in [1.54, 1.807) is 19.5 Å². The highest BCUT2D eigenvalue weighted by Crippen LogP contribution is 2.18. The second-order valence-corrected chi connectivity index (χ2v) is 2.49. The molecule has 0 spiro atoms. The number of hydrogen-bond donors (Lipinski definition) is 0. The molecule has 0 aliphatic carbocycles. The lowest BCUT2D eigenvalue weighted by atomic mass is 10.2. The number of allylic oxidation sites excluding steroid dienone is 1. The van der Waals surface area contributed by atoms with Gasteiger partial charge in [0.1, 0.15) is 5.75 Å². The van der Waals surface area contributed by atoms with E-state index >= 15 is 0 Å². The van der Waals surface area contributed by atoms with Crippen LogP contribution in [0.5, 0.6) is 5.75 Å². The number of ether oxygens (including phenoxy) is 1. The molecule has 0 bridgehead atoms. The van der Waals surface area contributed by atoms with Gasteiger partial charge >= 0.3 is 0 Å². The van der Waals surface area contributed by atoms with Gasteiger partial charge in [0, 0.05) is 12.0 Å². The van der Waals surface area contributed by atoms with E-state index in [1.165, 1.54) is 0 Å². The number of para-hydroxylation sites is 1. The molecule has 0 aliphatic rings. The number of benzene rings is 1. The minimum absolute atomic E-state index is 0.318. The fourth-order valence-electron chi connectivity index (χ4n) is 1.04. The zero-order chi connectivity index (χ0) is 9.52. The molecule has 0 unspecified atom stereocenters. The van der Waals surface area contributed by atoms with E-state index in [9.17, 15) is 4.79 Å². The van der Waals surface area contributed by atoms with Crippen molar-refractivity contribution in [3.05, 3.63) is 35.9 Å². The van der Waals surface area contributed by atoms with E-state index in [0.717, 1.165) is 11.3 Å². The third kappa shape index (κ3) is 2.75. The molecule has 1 aromatic carbocycles. The zero-order valence-corrected chi connectivity index (χ0v) is 7.49. The standard InChI is InChI=1S/C11H11O2/c1-13-11-8-3-2-6-10(11)7-4-5-9-12/h2-4,6-8H,5H2,1H3/b7-4+. The van der Waals surface area contributed by atoms with Gasteiger partial charge in [-0.1, -0.05) is 30.4 Å². The van der Waals surface area contributed by atoms with Crippen LogP contribution in [0.3, 0.4) is 0 Å². The first kappa shape index (κ1) is 9.52. The average Bonchev–Trinajstić information content (AvgIpc) is 2.19. The number of rotatable bonds is 4. The largest absolute Gasteiger partial charge is 0.496 e. The molecule has 0 aromatic heterocycles. The van der Waals surface area contributed by atoms with Crippen molar-refractivity contribution in [1.29, 1.82) is 0 Å². The van der Waals surface area contributed by atoms with Crippen molar-refractivity contribution >= 4 is 12.4 Å². The van der Waals surface area contributed by atoms with Crippen LogP contribution in [0.2, 0.25) is 0 Å². The first-order valence-electron chi connectivity index (χ1n) is 4.03. The summed E-state index contributed by atoms with van der Waals surface area (Å²) in [6.45, 7) is 0. The van der Waals surface area contributed by atoms with Crippen LogP contribution < -0.4 is 4.74 Å². The molecular weight excluding hydrogens is 164 g/mol. The lowest BCUT2D eigenvalue weighted by Crippen LogP contribution is -1.85. The van der Waals surface area contributed by atoms with Gasteiger partial charge in [-0.15, -0.1) is 0 Å². The van der Waals surface area contributed by atoms with Gasteiger partial charge in [0.05, 0.1) is 7.11 Å². The minimum Gasteiger partial charge on any atom is -0.496 e. The molecule has 0 atom stereocenters. The van der Waals surface area contributed by atoms with E-state index in [2.05, 4.69) is 0 Å². The van der Waals surface area contributed by atoms with Crippen molar-refractivity contribution in [3.8, 4) is 5.75 Å². The van der Waals surface area contributed by atoms with Crippen LogP contribution in [-0.4, -0.2) is 13.4 Å². The number of carbonyl (C=O) groups excluding carboxylic acids is 1. The maximum atomic E-state index is 9.94. The van der Waals surface area contributed by atoms with Crippen LogP contribution in [0, 0.1) is 0 Å². The molecule has 0 saturated heterocycles. The third-order valence-electron chi connectivity index (χ3n) is 1.64. The Bertz CT molecular complexity index is 303. The third-order valence-corrected chi connectivity index (χ3v) is 1.64. The molecule has 1 rings (SSSR count). The van der Waals surface area contributed by atoms with Gasteiger partial charge in [-0.3, -0.25) is 4.79 Å². The van der Waals surface area contributed by atoms with E-state index in [0.29, 0.717) is 6.42 Å². The van der Waals surface area contributed by atoms with E-state index in [4.69, 9.17) is 4.74 Å². The van der Waals surface area contributed by atoms with Crippen LogP contribution in [0.15, 0.2) is 30.3 Å². The van der Waals surface area contributed by atoms with Gasteiger partial charge in [-0.25, -0.2) is 0 Å². The summed E-state index contributed by atoms with van der Waals surface area (Å²) in [4.78, 5) is 9.94. The number of hydrogen-bond acceptors (Lipinski definition) is 2. The first-order chi connectivity index (χ1) is 6.38. The molecular formula is C11H11O2. The number of methoxy groups -OCH3 is 1. The van der Waals surface area contributed by atoms with Crippen molar-refractivity contribution in [2.75, 3.05) is 7.11 Å². The lowest BCUT2D eigenvalue weighted by molar-refractivity contribution is 0.414. The molecule has 0 saturated carbocycles. The van der Waals surface area contributed by atoms with Crippen LogP contribution in [0.1, 0.15) is 12.0 Å². The van der Waals surface area contributed by atoms with Crippen LogP contribution in [0.25, 0.3) is 6.08 Å². The van der Waals surface area contributed by atoms with Gasteiger partial charge in [0.25, 0.3) is 0 Å². The highest BCUT2D eigenvalue weighted by Gasteiger charge is 1.95. The molecule has 0 N–H and O–H groups in total. The summed E-state index contributed by atoms with van der Waals surface area (Å²) in [5, 5.41) is 0. The molecule has 13 heavy (non-hydrogen) atoms. The Morgan fingerprint density at radius 3 is 2.92 bits per heavy atom. The van der Waals surface area contributed by atoms with Crippen molar-refractivity contribution < 1.29 is 9.53 Å². The Kier molecular flexibility index (Phi) is 3.76. The summed E-state index contributed by atoms with van der Waals surface area (Å²) >= 11 is 0. The molecule has 2 heteroatoms. The predicted octanol–water partition coefficient (Wildman–Crippen LogP) is 2.21. The molecule has 1 radical (unpaired) electrons. The first-order valence-corrected chi connectivity index (χ1v) is 4.03. The Labute approximate surface area is 77.8 Å². The molecule has 0 heterocycles. The molecule has 2 nitrogen and oxygen atoms in total. The van der Waals surface area contributed by atoms with Crippen LogP contribution in [0.4, 0.5) is 0 Å². The van der Waals surface area contributed by atoms with Crippen LogP contribution in [-0.2, 0) is 4.79 Å². The topological polar surface area (TPSA) is 26.3 Å². The Morgan fingerprint density at radius 1 is 1.46 bits per heavy atom. The van der Waals surface area contributed by atoms with Gasteiger partial charge in [-0.05, 0) is 6.07 Å². The van der Waals surface area contributed by atoms with Gasteiger partial charge in [0.15, 0.2) is 0 Å². The summed E-state index contributed by atoms with van der Waals surface area (Å²) in [5.41, 5.74) is 0.972. The van der Waals surface area contributed by atoms with Crippen molar-refractivity contribution in [2.45, 2.75) is 6.42 Å². The van der Waals surface area contributed by atoms with E-state index < -0.39 is 0 Å².